The smallest absolute Gasteiger partial charge is 0.122 e. The molecule has 1 aromatic rings. The van der Waals surface area contributed by atoms with Crippen molar-refractivity contribution in [2.24, 2.45) is 5.73 Å². The average molecular weight is 235 g/mol. The van der Waals surface area contributed by atoms with Crippen molar-refractivity contribution in [2.45, 2.75) is 53.0 Å². The number of hydrogen-bond acceptors (Lipinski definition) is 2. The summed E-state index contributed by atoms with van der Waals surface area (Å²) in [5.41, 5.74) is 9.82. The van der Waals surface area contributed by atoms with Crippen LogP contribution in [0.3, 0.4) is 0 Å². The number of benzene rings is 1. The maximum absolute atomic E-state index is 5.77. The predicted octanol–water partition coefficient (Wildman–Crippen LogP) is 3.37. The van der Waals surface area contributed by atoms with Gasteiger partial charge in [0.05, 0.1) is 6.61 Å². The van der Waals surface area contributed by atoms with Crippen LogP contribution in [-0.2, 0) is 6.42 Å². The van der Waals surface area contributed by atoms with E-state index in [2.05, 4.69) is 32.9 Å². The summed E-state index contributed by atoms with van der Waals surface area (Å²) in [6, 6.07) is 4.58. The van der Waals surface area contributed by atoms with Gasteiger partial charge in [-0.3, -0.25) is 0 Å². The third-order valence-corrected chi connectivity index (χ3v) is 3.26. The Hall–Kier alpha value is -1.02. The van der Waals surface area contributed by atoms with Crippen molar-refractivity contribution in [2.75, 3.05) is 6.61 Å². The summed E-state index contributed by atoms with van der Waals surface area (Å²) in [6.07, 6.45) is 3.36. The lowest BCUT2D eigenvalue weighted by Crippen LogP contribution is -2.14. The van der Waals surface area contributed by atoms with Gasteiger partial charge < -0.3 is 10.5 Å². The summed E-state index contributed by atoms with van der Waals surface area (Å²) in [7, 11) is 0. The minimum absolute atomic E-state index is 0.305. The molecule has 0 saturated carbocycles. The van der Waals surface area contributed by atoms with E-state index in [0.29, 0.717) is 6.04 Å². The Bertz CT molecular complexity index is 358. The molecule has 1 atom stereocenters. The second-order valence-electron chi connectivity index (χ2n) is 4.78. The van der Waals surface area contributed by atoms with E-state index in [1.54, 1.807) is 0 Å². The first-order valence-electron chi connectivity index (χ1n) is 6.53. The summed E-state index contributed by atoms with van der Waals surface area (Å²) >= 11 is 0. The highest BCUT2D eigenvalue weighted by Crippen LogP contribution is 2.25. The molecule has 0 spiro atoms. The van der Waals surface area contributed by atoms with E-state index in [4.69, 9.17) is 10.5 Å². The average Bonchev–Trinajstić information content (AvgIpc) is 2.28. The summed E-state index contributed by atoms with van der Waals surface area (Å²) in [4.78, 5) is 0. The molecule has 96 valence electrons. The first-order chi connectivity index (χ1) is 8.06. The minimum Gasteiger partial charge on any atom is -0.494 e. The Morgan fingerprint density at radius 3 is 2.53 bits per heavy atom. The molecule has 0 aromatic heterocycles. The molecule has 1 aromatic carbocycles. The van der Waals surface area contributed by atoms with Gasteiger partial charge in [0.2, 0.25) is 0 Å². The minimum atomic E-state index is 0.305. The normalized spacial score (nSPS) is 12.5. The van der Waals surface area contributed by atoms with Gasteiger partial charge in [0, 0.05) is 6.04 Å². The van der Waals surface area contributed by atoms with Crippen LogP contribution in [-0.4, -0.2) is 12.6 Å². The maximum Gasteiger partial charge on any atom is 0.122 e. The van der Waals surface area contributed by atoms with Crippen LogP contribution < -0.4 is 10.5 Å². The number of ether oxygens (including phenoxy) is 1. The van der Waals surface area contributed by atoms with Crippen LogP contribution in [0.4, 0.5) is 0 Å². The molecule has 2 nitrogen and oxygen atoms in total. The Balaban J connectivity index is 2.71. The largest absolute Gasteiger partial charge is 0.494 e. The molecular weight excluding hydrogens is 210 g/mol. The van der Waals surface area contributed by atoms with Gasteiger partial charge in [-0.15, -0.1) is 0 Å². The third-order valence-electron chi connectivity index (χ3n) is 3.26. The number of aryl methyl sites for hydroxylation is 1. The van der Waals surface area contributed by atoms with Crippen LogP contribution in [0.1, 0.15) is 43.4 Å². The fourth-order valence-corrected chi connectivity index (χ4v) is 2.05. The molecule has 0 aliphatic heterocycles. The molecule has 0 heterocycles. The highest BCUT2D eigenvalue weighted by molar-refractivity contribution is 5.43. The Kier molecular flexibility index (Phi) is 5.49. The first kappa shape index (κ1) is 14.0. The van der Waals surface area contributed by atoms with Crippen LogP contribution in [0.25, 0.3) is 0 Å². The second-order valence-corrected chi connectivity index (χ2v) is 4.78. The van der Waals surface area contributed by atoms with E-state index < -0.39 is 0 Å². The molecule has 2 heteroatoms. The Morgan fingerprint density at radius 1 is 1.24 bits per heavy atom. The van der Waals surface area contributed by atoms with Crippen molar-refractivity contribution in [3.8, 4) is 5.75 Å². The van der Waals surface area contributed by atoms with Gasteiger partial charge in [-0.05, 0) is 69.7 Å². The van der Waals surface area contributed by atoms with Crippen LogP contribution in [0.2, 0.25) is 0 Å². The molecule has 2 N–H and O–H groups in total. The molecule has 0 aliphatic rings. The highest BCUT2D eigenvalue weighted by atomic mass is 16.5. The fraction of sp³-hybridized carbons (Fsp3) is 0.600. The van der Waals surface area contributed by atoms with Crippen LogP contribution in [0.15, 0.2) is 12.1 Å². The molecule has 0 radical (unpaired) electrons. The molecule has 1 rings (SSSR count). The lowest BCUT2D eigenvalue weighted by atomic mass is 9.97. The van der Waals surface area contributed by atoms with E-state index in [1.807, 2.05) is 6.92 Å². The molecule has 0 bridgehead atoms. The monoisotopic (exact) mass is 235 g/mol. The van der Waals surface area contributed by atoms with E-state index >= 15 is 0 Å². The van der Waals surface area contributed by atoms with E-state index in [0.717, 1.165) is 31.6 Å². The second kappa shape index (κ2) is 6.65. The lowest BCUT2D eigenvalue weighted by Gasteiger charge is -2.14. The van der Waals surface area contributed by atoms with Gasteiger partial charge in [0.25, 0.3) is 0 Å². The van der Waals surface area contributed by atoms with Crippen molar-refractivity contribution in [1.29, 1.82) is 0 Å². The van der Waals surface area contributed by atoms with E-state index in [-0.39, 0.29) is 0 Å². The molecule has 0 fully saturated rings. The van der Waals surface area contributed by atoms with Crippen molar-refractivity contribution >= 4 is 0 Å². The van der Waals surface area contributed by atoms with Crippen LogP contribution in [0, 0.1) is 13.8 Å². The zero-order chi connectivity index (χ0) is 12.8. The molecule has 1 unspecified atom stereocenters. The summed E-state index contributed by atoms with van der Waals surface area (Å²) in [6.45, 7) is 9.13. The van der Waals surface area contributed by atoms with Gasteiger partial charge in [0.1, 0.15) is 5.75 Å². The van der Waals surface area contributed by atoms with E-state index in [1.165, 1.54) is 16.7 Å². The molecule has 0 saturated heterocycles. The molecule has 0 amide bonds. The zero-order valence-corrected chi connectivity index (χ0v) is 11.5. The first-order valence-corrected chi connectivity index (χ1v) is 6.53. The molecule has 17 heavy (non-hydrogen) atoms. The van der Waals surface area contributed by atoms with Gasteiger partial charge in [-0.25, -0.2) is 0 Å². The number of hydrogen-bond donors (Lipinski definition) is 1. The summed E-state index contributed by atoms with van der Waals surface area (Å²) in [5, 5.41) is 0. The Labute approximate surface area is 105 Å². The SMILES string of the molecule is CCOc1ccc(CCCC(C)N)c(C)c1C. The van der Waals surface area contributed by atoms with Gasteiger partial charge in [0.15, 0.2) is 0 Å². The highest BCUT2D eigenvalue weighted by Gasteiger charge is 2.07. The topological polar surface area (TPSA) is 35.2 Å². The predicted molar refractivity (Wildman–Crippen MR) is 73.7 cm³/mol. The zero-order valence-electron chi connectivity index (χ0n) is 11.5. The maximum atomic E-state index is 5.77. The van der Waals surface area contributed by atoms with Crippen molar-refractivity contribution in [1.82, 2.24) is 0 Å². The van der Waals surface area contributed by atoms with Crippen molar-refractivity contribution < 1.29 is 4.74 Å². The van der Waals surface area contributed by atoms with Gasteiger partial charge in [-0.2, -0.15) is 0 Å². The van der Waals surface area contributed by atoms with Gasteiger partial charge in [-0.1, -0.05) is 6.07 Å². The van der Waals surface area contributed by atoms with Crippen LogP contribution in [0.5, 0.6) is 5.75 Å². The van der Waals surface area contributed by atoms with Crippen LogP contribution >= 0.6 is 0 Å². The van der Waals surface area contributed by atoms with Crippen molar-refractivity contribution in [3.05, 3.63) is 28.8 Å². The third kappa shape index (κ3) is 4.04. The number of rotatable bonds is 6. The summed E-state index contributed by atoms with van der Waals surface area (Å²) < 4.78 is 5.60. The number of nitrogens with two attached hydrogens (primary N) is 1. The quantitative estimate of drug-likeness (QED) is 0.820. The standard InChI is InChI=1S/C15H25NO/c1-5-17-15-10-9-14(12(3)13(15)4)8-6-7-11(2)16/h9-11H,5-8,16H2,1-4H3. The van der Waals surface area contributed by atoms with E-state index in [9.17, 15) is 0 Å². The molecular formula is C15H25NO. The summed E-state index contributed by atoms with van der Waals surface area (Å²) in [5.74, 6) is 1.01. The fourth-order valence-electron chi connectivity index (χ4n) is 2.05. The van der Waals surface area contributed by atoms with Crippen molar-refractivity contribution in [3.63, 3.8) is 0 Å². The molecule has 0 aliphatic carbocycles. The van der Waals surface area contributed by atoms with Gasteiger partial charge >= 0.3 is 0 Å². The Morgan fingerprint density at radius 2 is 1.94 bits per heavy atom. The lowest BCUT2D eigenvalue weighted by molar-refractivity contribution is 0.337.